The topological polar surface area (TPSA) is 106 Å². The Kier molecular flexibility index (Phi) is 3.35. The standard InChI is InChI=1S/C18H15N5O3S/c24-17(19-13-10-9-11-5-1-2-6-12(11)13)16-20-18-22-27(25,26)15-8-4-3-7-14(15)23(18)21-16/h1-8,13H,9-10H2,(H,19,24)(H,20,21,22). The summed E-state index contributed by atoms with van der Waals surface area (Å²) in [5.41, 5.74) is 2.69. The molecule has 27 heavy (non-hydrogen) atoms. The van der Waals surface area contributed by atoms with Gasteiger partial charge in [0, 0.05) is 0 Å². The number of fused-ring (bicyclic) bond motifs is 4. The molecule has 0 saturated heterocycles. The van der Waals surface area contributed by atoms with Crippen LogP contribution in [0.1, 0.15) is 34.2 Å². The number of aryl methyl sites for hydroxylation is 1. The summed E-state index contributed by atoms with van der Waals surface area (Å²) in [5.74, 6) is -0.505. The number of aromatic nitrogens is 3. The molecule has 0 fully saturated rings. The second-order valence-corrected chi connectivity index (χ2v) is 8.16. The number of rotatable bonds is 2. The summed E-state index contributed by atoms with van der Waals surface area (Å²) in [6.45, 7) is 0. The van der Waals surface area contributed by atoms with Crippen molar-refractivity contribution in [2.45, 2.75) is 23.8 Å². The van der Waals surface area contributed by atoms with Gasteiger partial charge in [-0.05, 0) is 36.1 Å². The minimum absolute atomic E-state index is 0.00525. The van der Waals surface area contributed by atoms with Crippen LogP contribution in [0.4, 0.5) is 5.95 Å². The third-order valence-electron chi connectivity index (χ3n) is 4.86. The summed E-state index contributed by atoms with van der Waals surface area (Å²) in [6.07, 6.45) is 1.72. The van der Waals surface area contributed by atoms with Crippen molar-refractivity contribution in [2.24, 2.45) is 0 Å². The third kappa shape index (κ3) is 2.50. The summed E-state index contributed by atoms with van der Waals surface area (Å²) in [4.78, 5) is 16.9. The number of amides is 1. The fourth-order valence-electron chi connectivity index (χ4n) is 3.61. The molecule has 1 unspecified atom stereocenters. The lowest BCUT2D eigenvalue weighted by molar-refractivity contribution is 0.0926. The van der Waals surface area contributed by atoms with Crippen molar-refractivity contribution in [1.29, 1.82) is 0 Å². The molecule has 1 aliphatic carbocycles. The summed E-state index contributed by atoms with van der Waals surface area (Å²) >= 11 is 0. The van der Waals surface area contributed by atoms with E-state index in [0.717, 1.165) is 18.4 Å². The van der Waals surface area contributed by atoms with Crippen LogP contribution < -0.4 is 10.0 Å². The number of hydrogen-bond donors (Lipinski definition) is 2. The average Bonchev–Trinajstić information content (AvgIpc) is 3.26. The summed E-state index contributed by atoms with van der Waals surface area (Å²) < 4.78 is 28.4. The van der Waals surface area contributed by atoms with Gasteiger partial charge < -0.3 is 5.32 Å². The first-order chi connectivity index (χ1) is 13.0. The van der Waals surface area contributed by atoms with Crippen LogP contribution in [0.2, 0.25) is 0 Å². The molecule has 0 spiro atoms. The lowest BCUT2D eigenvalue weighted by atomic mass is 10.1. The Labute approximate surface area is 155 Å². The molecular weight excluding hydrogens is 366 g/mol. The van der Waals surface area contributed by atoms with Crippen LogP contribution in [0, 0.1) is 0 Å². The molecule has 2 heterocycles. The van der Waals surface area contributed by atoms with Crippen molar-refractivity contribution in [3.05, 3.63) is 65.5 Å². The molecule has 136 valence electrons. The molecule has 0 radical (unpaired) electrons. The van der Waals surface area contributed by atoms with E-state index < -0.39 is 15.9 Å². The number of hydrogen-bond acceptors (Lipinski definition) is 5. The highest BCUT2D eigenvalue weighted by atomic mass is 32.2. The molecule has 1 amide bonds. The molecular formula is C18H15N5O3S. The number of carbonyl (C=O) groups excluding carboxylic acids is 1. The minimum Gasteiger partial charge on any atom is -0.342 e. The summed E-state index contributed by atoms with van der Waals surface area (Å²) in [7, 11) is -3.74. The van der Waals surface area contributed by atoms with E-state index in [-0.39, 0.29) is 22.7 Å². The number of sulfonamides is 1. The van der Waals surface area contributed by atoms with Gasteiger partial charge in [0.15, 0.2) is 0 Å². The molecule has 1 aliphatic heterocycles. The van der Waals surface area contributed by atoms with Gasteiger partial charge in [-0.15, -0.1) is 5.10 Å². The van der Waals surface area contributed by atoms with Crippen molar-refractivity contribution in [3.63, 3.8) is 0 Å². The Balaban J connectivity index is 1.48. The highest BCUT2D eigenvalue weighted by Crippen LogP contribution is 2.32. The van der Waals surface area contributed by atoms with E-state index in [2.05, 4.69) is 26.2 Å². The van der Waals surface area contributed by atoms with Crippen LogP contribution in [0.3, 0.4) is 0 Å². The maximum atomic E-state index is 12.7. The second kappa shape index (κ2) is 5.65. The number of nitrogens with zero attached hydrogens (tertiary/aromatic N) is 3. The Morgan fingerprint density at radius 2 is 1.93 bits per heavy atom. The smallest absolute Gasteiger partial charge is 0.291 e. The molecule has 0 saturated carbocycles. The van der Waals surface area contributed by atoms with E-state index in [1.807, 2.05) is 18.2 Å². The lowest BCUT2D eigenvalue weighted by Gasteiger charge is -2.17. The predicted molar refractivity (Wildman–Crippen MR) is 97.1 cm³/mol. The van der Waals surface area contributed by atoms with Crippen molar-refractivity contribution in [1.82, 2.24) is 20.1 Å². The van der Waals surface area contributed by atoms with Crippen LogP contribution in [-0.4, -0.2) is 29.1 Å². The number of nitrogens with one attached hydrogen (secondary N) is 2. The van der Waals surface area contributed by atoms with Gasteiger partial charge in [0.25, 0.3) is 15.9 Å². The largest absolute Gasteiger partial charge is 0.342 e. The Bertz CT molecular complexity index is 1190. The highest BCUT2D eigenvalue weighted by molar-refractivity contribution is 7.92. The van der Waals surface area contributed by atoms with Gasteiger partial charge in [0.1, 0.15) is 4.90 Å². The van der Waals surface area contributed by atoms with Crippen molar-refractivity contribution in [3.8, 4) is 5.69 Å². The quantitative estimate of drug-likeness (QED) is 0.704. The third-order valence-corrected chi connectivity index (χ3v) is 6.23. The van der Waals surface area contributed by atoms with Crippen molar-refractivity contribution in [2.75, 3.05) is 4.72 Å². The zero-order chi connectivity index (χ0) is 18.6. The van der Waals surface area contributed by atoms with Crippen LogP contribution in [-0.2, 0) is 16.4 Å². The Hall–Kier alpha value is -3.20. The summed E-state index contributed by atoms with van der Waals surface area (Å²) in [5, 5.41) is 7.17. The molecule has 2 N–H and O–H groups in total. The number of carbonyl (C=O) groups is 1. The molecule has 2 aromatic carbocycles. The first kappa shape index (κ1) is 16.0. The first-order valence-electron chi connectivity index (χ1n) is 8.51. The lowest BCUT2D eigenvalue weighted by Crippen LogP contribution is -2.28. The van der Waals surface area contributed by atoms with Gasteiger partial charge >= 0.3 is 0 Å². The van der Waals surface area contributed by atoms with Crippen molar-refractivity contribution < 1.29 is 13.2 Å². The van der Waals surface area contributed by atoms with E-state index >= 15 is 0 Å². The van der Waals surface area contributed by atoms with Gasteiger partial charge in [0.2, 0.25) is 11.8 Å². The van der Waals surface area contributed by atoms with Crippen molar-refractivity contribution >= 4 is 21.9 Å². The molecule has 1 aromatic heterocycles. The van der Waals surface area contributed by atoms with Crippen LogP contribution in [0.5, 0.6) is 0 Å². The van der Waals surface area contributed by atoms with E-state index in [4.69, 9.17) is 0 Å². The first-order valence-corrected chi connectivity index (χ1v) is 9.99. The van der Waals surface area contributed by atoms with Gasteiger partial charge in [-0.3, -0.25) is 4.79 Å². The Morgan fingerprint density at radius 1 is 1.15 bits per heavy atom. The van der Waals surface area contributed by atoms with E-state index in [1.165, 1.54) is 16.3 Å². The number of anilines is 1. The highest BCUT2D eigenvalue weighted by Gasteiger charge is 2.32. The van der Waals surface area contributed by atoms with E-state index in [9.17, 15) is 13.2 Å². The monoisotopic (exact) mass is 381 g/mol. The SMILES string of the molecule is O=C(NC1CCc2ccccc21)c1nc2n(n1)-c1ccccc1S(=O)(=O)N2. The zero-order valence-corrected chi connectivity index (χ0v) is 14.9. The second-order valence-electron chi connectivity index (χ2n) is 6.51. The Morgan fingerprint density at radius 3 is 2.81 bits per heavy atom. The summed E-state index contributed by atoms with van der Waals surface area (Å²) in [6, 6.07) is 14.3. The number of para-hydroxylation sites is 1. The van der Waals surface area contributed by atoms with E-state index in [1.54, 1.807) is 18.2 Å². The molecule has 5 rings (SSSR count). The molecule has 0 bridgehead atoms. The maximum absolute atomic E-state index is 12.7. The van der Waals surface area contributed by atoms with Gasteiger partial charge in [-0.25, -0.2) is 13.1 Å². The molecule has 8 nitrogen and oxygen atoms in total. The zero-order valence-electron chi connectivity index (χ0n) is 14.1. The molecule has 9 heteroatoms. The number of benzene rings is 2. The fraction of sp³-hybridized carbons (Fsp3) is 0.167. The van der Waals surface area contributed by atoms with Gasteiger partial charge in [-0.2, -0.15) is 9.67 Å². The fourth-order valence-corrected chi connectivity index (χ4v) is 4.78. The molecule has 2 aliphatic rings. The van der Waals surface area contributed by atoms with E-state index in [0.29, 0.717) is 5.69 Å². The van der Waals surface area contributed by atoms with Gasteiger partial charge in [0.05, 0.1) is 11.7 Å². The van der Waals surface area contributed by atoms with Crippen LogP contribution in [0.25, 0.3) is 5.69 Å². The van der Waals surface area contributed by atoms with Gasteiger partial charge in [-0.1, -0.05) is 36.4 Å². The minimum atomic E-state index is -3.74. The average molecular weight is 381 g/mol. The molecule has 3 aromatic rings. The molecule has 1 atom stereocenters. The normalized spacial score (nSPS) is 18.7. The van der Waals surface area contributed by atoms with Crippen LogP contribution in [0.15, 0.2) is 53.4 Å². The van der Waals surface area contributed by atoms with Crippen LogP contribution >= 0.6 is 0 Å². The maximum Gasteiger partial charge on any atom is 0.291 e. The predicted octanol–water partition coefficient (Wildman–Crippen LogP) is 1.80.